The van der Waals surface area contributed by atoms with Gasteiger partial charge in [0.05, 0.1) is 0 Å². The Kier molecular flexibility index (Phi) is 6.91. The zero-order chi connectivity index (χ0) is 14.4. The first-order valence-electron chi connectivity index (χ1n) is 6.54. The Balaban J connectivity index is 2.01. The molecule has 0 bridgehead atoms. The highest BCUT2D eigenvalue weighted by atomic mass is 79.9. The normalized spacial score (nSPS) is 12.6. The molecular formula is C15H17BrClNS2. The van der Waals surface area contributed by atoms with E-state index in [-0.39, 0.29) is 0 Å². The van der Waals surface area contributed by atoms with Crippen LogP contribution in [0.1, 0.15) is 24.9 Å². The maximum atomic E-state index is 5.92. The van der Waals surface area contributed by atoms with Crippen LogP contribution in [0.5, 0.6) is 0 Å². The maximum absolute atomic E-state index is 5.92. The molecule has 1 nitrogen and oxygen atoms in total. The second-order valence-corrected chi connectivity index (χ2v) is 7.57. The molecule has 1 aromatic carbocycles. The third-order valence-corrected chi connectivity index (χ3v) is 6.00. The fraction of sp³-hybridized carbons (Fsp3) is 0.333. The van der Waals surface area contributed by atoms with Crippen molar-refractivity contribution in [1.29, 1.82) is 0 Å². The lowest BCUT2D eigenvalue weighted by atomic mass is 10.2. The third kappa shape index (κ3) is 4.78. The molecule has 1 atom stereocenters. The Hall–Kier alpha value is -0.000000000000000111. The smallest absolute Gasteiger partial charge is 0.0434 e. The Labute approximate surface area is 142 Å². The third-order valence-electron chi connectivity index (χ3n) is 2.89. The first-order chi connectivity index (χ1) is 9.70. The molecule has 20 heavy (non-hydrogen) atoms. The molecule has 0 saturated carbocycles. The highest BCUT2D eigenvalue weighted by Crippen LogP contribution is 2.31. The summed E-state index contributed by atoms with van der Waals surface area (Å²) in [6.07, 6.45) is 1.14. The van der Waals surface area contributed by atoms with Crippen molar-refractivity contribution >= 4 is 50.6 Å². The van der Waals surface area contributed by atoms with Gasteiger partial charge in [0.15, 0.2) is 0 Å². The summed E-state index contributed by atoms with van der Waals surface area (Å²) in [6.45, 7) is 3.23. The van der Waals surface area contributed by atoms with Gasteiger partial charge in [-0.15, -0.1) is 11.8 Å². The van der Waals surface area contributed by atoms with Gasteiger partial charge < -0.3 is 5.32 Å². The fourth-order valence-corrected chi connectivity index (χ4v) is 4.57. The number of hydrogen-bond acceptors (Lipinski definition) is 3. The standard InChI is InChI=1S/C15H17BrClNS2/c1-2-7-18-15(13-8-19-9-14(13)16)10-20-12-5-3-11(17)4-6-12/h3-6,8-9,15,18H,2,7,10H2,1H3. The molecule has 2 aromatic rings. The van der Waals surface area contributed by atoms with Crippen LogP contribution in [0.4, 0.5) is 0 Å². The van der Waals surface area contributed by atoms with Gasteiger partial charge in [0.25, 0.3) is 0 Å². The minimum atomic E-state index is 0.372. The van der Waals surface area contributed by atoms with Crippen LogP contribution in [0.25, 0.3) is 0 Å². The van der Waals surface area contributed by atoms with E-state index in [0.29, 0.717) is 6.04 Å². The van der Waals surface area contributed by atoms with Gasteiger partial charge in [-0.1, -0.05) is 18.5 Å². The molecular weight excluding hydrogens is 374 g/mol. The van der Waals surface area contributed by atoms with E-state index in [1.165, 1.54) is 14.9 Å². The van der Waals surface area contributed by atoms with Gasteiger partial charge in [0, 0.05) is 31.6 Å². The molecule has 0 fully saturated rings. The van der Waals surface area contributed by atoms with Gasteiger partial charge in [0.2, 0.25) is 0 Å². The molecule has 0 amide bonds. The molecule has 2 rings (SSSR count). The summed E-state index contributed by atoms with van der Waals surface area (Å²) in [4.78, 5) is 1.25. The highest BCUT2D eigenvalue weighted by molar-refractivity contribution is 9.10. The summed E-state index contributed by atoms with van der Waals surface area (Å²) in [6, 6.07) is 8.41. The van der Waals surface area contributed by atoms with Crippen molar-refractivity contribution in [3.63, 3.8) is 0 Å². The summed E-state index contributed by atoms with van der Waals surface area (Å²) < 4.78 is 1.20. The van der Waals surface area contributed by atoms with E-state index in [9.17, 15) is 0 Å². The molecule has 1 aromatic heterocycles. The predicted molar refractivity (Wildman–Crippen MR) is 95.2 cm³/mol. The summed E-state index contributed by atoms with van der Waals surface area (Å²) in [5.41, 5.74) is 1.35. The first kappa shape index (κ1) is 16.4. The predicted octanol–water partition coefficient (Wildman–Crippen LogP) is 6.00. The minimum absolute atomic E-state index is 0.372. The van der Waals surface area contributed by atoms with E-state index < -0.39 is 0 Å². The summed E-state index contributed by atoms with van der Waals surface area (Å²) >= 11 is 13.2. The van der Waals surface area contributed by atoms with Crippen LogP contribution in [0.3, 0.4) is 0 Å². The maximum Gasteiger partial charge on any atom is 0.0434 e. The van der Waals surface area contributed by atoms with Gasteiger partial charge in [-0.3, -0.25) is 0 Å². The van der Waals surface area contributed by atoms with E-state index >= 15 is 0 Å². The Bertz CT molecular complexity index is 527. The van der Waals surface area contributed by atoms with Crippen molar-refractivity contribution in [3.05, 3.63) is 50.1 Å². The van der Waals surface area contributed by atoms with Crippen molar-refractivity contribution in [2.75, 3.05) is 12.3 Å². The van der Waals surface area contributed by atoms with E-state index in [1.807, 2.05) is 23.9 Å². The van der Waals surface area contributed by atoms with Crippen molar-refractivity contribution in [2.24, 2.45) is 0 Å². The van der Waals surface area contributed by atoms with Crippen LogP contribution < -0.4 is 5.32 Å². The molecule has 1 unspecified atom stereocenters. The largest absolute Gasteiger partial charge is 0.309 e. The number of thiophene rings is 1. The lowest BCUT2D eigenvalue weighted by Crippen LogP contribution is -2.24. The lowest BCUT2D eigenvalue weighted by Gasteiger charge is -2.18. The summed E-state index contributed by atoms with van der Waals surface area (Å²) in [5.74, 6) is 1.01. The Morgan fingerprint density at radius 1 is 1.30 bits per heavy atom. The van der Waals surface area contributed by atoms with Gasteiger partial charge in [-0.05, 0) is 64.1 Å². The lowest BCUT2D eigenvalue weighted by molar-refractivity contribution is 0.577. The summed E-state index contributed by atoms with van der Waals surface area (Å²) in [7, 11) is 0. The Morgan fingerprint density at radius 3 is 2.65 bits per heavy atom. The molecule has 0 aliphatic carbocycles. The van der Waals surface area contributed by atoms with Gasteiger partial charge in [-0.2, -0.15) is 11.3 Å². The molecule has 0 radical (unpaired) electrons. The monoisotopic (exact) mass is 389 g/mol. The van der Waals surface area contributed by atoms with Crippen LogP contribution in [-0.4, -0.2) is 12.3 Å². The molecule has 1 heterocycles. The van der Waals surface area contributed by atoms with Crippen molar-refractivity contribution in [3.8, 4) is 0 Å². The number of nitrogens with one attached hydrogen (secondary N) is 1. The Morgan fingerprint density at radius 2 is 2.05 bits per heavy atom. The second-order valence-electron chi connectivity index (χ2n) is 4.45. The van der Waals surface area contributed by atoms with E-state index in [2.05, 4.69) is 51.1 Å². The number of benzene rings is 1. The van der Waals surface area contributed by atoms with Gasteiger partial charge >= 0.3 is 0 Å². The average Bonchev–Trinajstić information content (AvgIpc) is 2.87. The zero-order valence-electron chi connectivity index (χ0n) is 11.2. The van der Waals surface area contributed by atoms with Crippen LogP contribution in [0.15, 0.2) is 44.4 Å². The van der Waals surface area contributed by atoms with Crippen LogP contribution in [-0.2, 0) is 0 Å². The molecule has 0 aliphatic heterocycles. The van der Waals surface area contributed by atoms with Crippen LogP contribution in [0, 0.1) is 0 Å². The van der Waals surface area contributed by atoms with E-state index in [1.54, 1.807) is 11.3 Å². The number of rotatable bonds is 7. The molecule has 108 valence electrons. The van der Waals surface area contributed by atoms with E-state index in [4.69, 9.17) is 11.6 Å². The van der Waals surface area contributed by atoms with Crippen LogP contribution in [0.2, 0.25) is 5.02 Å². The SMILES string of the molecule is CCCNC(CSc1ccc(Cl)cc1)c1cscc1Br. The number of hydrogen-bond donors (Lipinski definition) is 1. The van der Waals surface area contributed by atoms with E-state index in [0.717, 1.165) is 23.7 Å². The average molecular weight is 391 g/mol. The van der Waals surface area contributed by atoms with Crippen LogP contribution >= 0.6 is 50.6 Å². The summed E-state index contributed by atoms with van der Waals surface area (Å²) in [5, 5.41) is 8.78. The fourth-order valence-electron chi connectivity index (χ4n) is 1.83. The molecule has 1 N–H and O–H groups in total. The quantitative estimate of drug-likeness (QED) is 0.582. The van der Waals surface area contributed by atoms with Gasteiger partial charge in [0.1, 0.15) is 0 Å². The molecule has 0 aliphatic rings. The van der Waals surface area contributed by atoms with Crippen molar-refractivity contribution < 1.29 is 0 Å². The van der Waals surface area contributed by atoms with Crippen molar-refractivity contribution in [1.82, 2.24) is 5.32 Å². The first-order valence-corrected chi connectivity index (χ1v) is 9.64. The van der Waals surface area contributed by atoms with Crippen molar-refractivity contribution in [2.45, 2.75) is 24.3 Å². The molecule has 5 heteroatoms. The topological polar surface area (TPSA) is 12.0 Å². The molecule has 0 saturated heterocycles. The minimum Gasteiger partial charge on any atom is -0.309 e. The molecule has 0 spiro atoms. The highest BCUT2D eigenvalue weighted by Gasteiger charge is 2.15. The zero-order valence-corrected chi connectivity index (χ0v) is 15.2. The number of halogens is 2. The number of thioether (sulfide) groups is 1. The van der Waals surface area contributed by atoms with Gasteiger partial charge in [-0.25, -0.2) is 0 Å². The second kappa shape index (κ2) is 8.44.